The number of benzene rings is 3. The van der Waals surface area contributed by atoms with Crippen LogP contribution in [0, 0.1) is 17.8 Å². The van der Waals surface area contributed by atoms with Crippen molar-refractivity contribution in [3.63, 3.8) is 0 Å². The van der Waals surface area contributed by atoms with Gasteiger partial charge in [0.2, 0.25) is 5.91 Å². The Labute approximate surface area is 534 Å². The summed E-state index contributed by atoms with van der Waals surface area (Å²) in [5.74, 6) is 2.30. The number of aryl methyl sites for hydroxylation is 1. The maximum absolute atomic E-state index is 12.4. The van der Waals surface area contributed by atoms with Gasteiger partial charge in [0.05, 0.1) is 12.7 Å². The van der Waals surface area contributed by atoms with Gasteiger partial charge in [0.15, 0.2) is 5.52 Å². The number of nitrogens with one attached hydrogen (secondary N) is 4. The van der Waals surface area contributed by atoms with E-state index in [0.717, 1.165) is 70.4 Å². The molecule has 22 nitrogen and oxygen atoms in total. The number of carbonyl (C=O) groups is 2. The van der Waals surface area contributed by atoms with Gasteiger partial charge in [-0.05, 0) is 34.4 Å². The van der Waals surface area contributed by atoms with Crippen molar-refractivity contribution in [1.82, 2.24) is 70.0 Å². The number of amides is 1. The third-order valence-corrected chi connectivity index (χ3v) is 14.5. The number of carboxylic acids is 1. The van der Waals surface area contributed by atoms with Crippen molar-refractivity contribution in [2.45, 2.75) is 125 Å². The summed E-state index contributed by atoms with van der Waals surface area (Å²) < 4.78 is 46.0. The fourth-order valence-corrected chi connectivity index (χ4v) is 10.3. The van der Waals surface area contributed by atoms with Gasteiger partial charge < -0.3 is 31.1 Å². The minimum atomic E-state index is -4.60. The molecule has 0 aliphatic carbocycles. The third-order valence-electron chi connectivity index (χ3n) is 14.5. The largest absolute Gasteiger partial charge is 0.481 e. The average Bonchev–Trinajstić information content (AvgIpc) is 2.70. The number of hydrogen-bond acceptors (Lipinski definition) is 16. The van der Waals surface area contributed by atoms with E-state index < -0.39 is 39.8 Å². The normalized spacial score (nSPS) is 19.2. The zero-order valence-corrected chi connectivity index (χ0v) is 53.9. The highest BCUT2D eigenvalue weighted by molar-refractivity contribution is 9.94. The first-order valence-electron chi connectivity index (χ1n) is 27.9. The average molecular weight is 1440 g/mol. The number of imidazole rings is 1. The van der Waals surface area contributed by atoms with Crippen LogP contribution in [-0.2, 0) is 53.3 Å². The lowest BCUT2D eigenvalue weighted by Crippen LogP contribution is -2.32. The van der Waals surface area contributed by atoms with Crippen molar-refractivity contribution < 1.29 is 32.4 Å². The van der Waals surface area contributed by atoms with Crippen molar-refractivity contribution in [3.8, 4) is 0 Å². The molecule has 0 bridgehead atoms. The maximum Gasteiger partial charge on any atom is 0.397 e. The molecule has 7 N–H and O–H groups in total. The Morgan fingerprint density at radius 2 is 1.02 bits per heavy atom. The first-order valence-corrected chi connectivity index (χ1v) is 35.7. The lowest BCUT2D eigenvalue weighted by Gasteiger charge is -2.15. The zero-order chi connectivity index (χ0) is 62.7. The number of aromatic nitrogens is 10. The first kappa shape index (κ1) is 74.3. The van der Waals surface area contributed by atoms with Crippen LogP contribution >= 0.6 is 49.7 Å². The number of aliphatic carboxylic acids is 1. The van der Waals surface area contributed by atoms with Gasteiger partial charge in [0.25, 0.3) is 19.9 Å². The number of alkyl halides is 3. The smallest absolute Gasteiger partial charge is 0.397 e. The molecule has 3 saturated heterocycles. The predicted octanol–water partition coefficient (Wildman–Crippen LogP) is 10.1. The Kier molecular flexibility index (Phi) is 29.8. The molecule has 0 radical (unpaired) electrons. The standard InChI is InChI=1S/C19H22F3N5O2.C19H23N5O.C16H21N5O.C3H6O2.2CH4.Br3OP/c1-12-9-27(10-13-5-3-2-4-6-13)11-14(12)17-24-18(29)15(25-26-17)8-23-16(28)7-19(20,21)22;1-3-17-20-9-16-19(25)21-18(22-24(16)17)15-12-23(10-13(15)2)11-14-7-5-4-6-8-14;1-11-8-21(9-12-5-3-2-4-6-12)10-13(11)15-18-16(22)14(7-17)19-20-15;1-2-3(4)5;;;1-5(2,3)4/h2-6,12,14H,7-11H2,1H3,(H,23,28)(H,24,26,29);4-9,13,15H,3,10-12H2,1-2H3,(H,21,22,25);2-6,11,13H,7-10,17H2,1H3,(H,18,20,22);2H2,1H3,(H,4,5);2*1H4;. The van der Waals surface area contributed by atoms with Gasteiger partial charge in [-0.3, -0.25) is 43.2 Å². The van der Waals surface area contributed by atoms with E-state index in [9.17, 15) is 41.7 Å². The molecule has 88 heavy (non-hydrogen) atoms. The van der Waals surface area contributed by atoms with Gasteiger partial charge >= 0.3 is 12.1 Å². The fourth-order valence-electron chi connectivity index (χ4n) is 10.3. The molecule has 6 unspecified atom stereocenters. The van der Waals surface area contributed by atoms with Gasteiger partial charge in [-0.25, -0.2) is 9.50 Å². The van der Waals surface area contributed by atoms with Crippen LogP contribution in [0.5, 0.6) is 0 Å². The number of aromatic amines is 3. The summed E-state index contributed by atoms with van der Waals surface area (Å²) in [6.45, 7) is 17.8. The Morgan fingerprint density at radius 1 is 0.648 bits per heavy atom. The molecule has 3 aliphatic heterocycles. The highest BCUT2D eigenvalue weighted by atomic mass is 80.0. The van der Waals surface area contributed by atoms with Gasteiger partial charge in [-0.15, -0.1) is 20.4 Å². The Morgan fingerprint density at radius 3 is 1.38 bits per heavy atom. The lowest BCUT2D eigenvalue weighted by atomic mass is 9.97. The molecule has 480 valence electrons. The van der Waals surface area contributed by atoms with Crippen LogP contribution in [0.1, 0.15) is 131 Å². The quantitative estimate of drug-likeness (QED) is 0.0520. The number of carboxylic acid groups (broad SMARTS) is 1. The molecular formula is C59H80Br3F3N15O7P. The Hall–Kier alpha value is -6.13. The van der Waals surface area contributed by atoms with Crippen molar-refractivity contribution in [1.29, 1.82) is 0 Å². The van der Waals surface area contributed by atoms with E-state index in [0.29, 0.717) is 35.5 Å². The number of rotatable bonds is 15. The minimum Gasteiger partial charge on any atom is -0.481 e. The van der Waals surface area contributed by atoms with Gasteiger partial charge in [-0.2, -0.15) is 18.3 Å². The third kappa shape index (κ3) is 23.7. The van der Waals surface area contributed by atoms with Crippen molar-refractivity contribution in [3.05, 3.63) is 180 Å². The summed E-state index contributed by atoms with van der Waals surface area (Å²) >= 11 is 8.29. The monoisotopic (exact) mass is 1440 g/mol. The number of halogens is 6. The highest BCUT2D eigenvalue weighted by Crippen LogP contribution is 2.68. The topological polar surface area (TPSA) is 300 Å². The van der Waals surface area contributed by atoms with Gasteiger partial charge in [0.1, 0.15) is 41.1 Å². The van der Waals surface area contributed by atoms with E-state index in [-0.39, 0.29) is 74.0 Å². The number of likely N-dealkylation sites (tertiary alicyclic amines) is 3. The number of carbonyl (C=O) groups excluding carboxylic acids is 1. The molecule has 3 fully saturated rings. The Bertz CT molecular complexity index is 3520. The van der Waals surface area contributed by atoms with Gasteiger partial charge in [0, 0.05) is 143 Å². The summed E-state index contributed by atoms with van der Waals surface area (Å²) in [4.78, 5) is 77.0. The van der Waals surface area contributed by atoms with Gasteiger partial charge in [-0.1, -0.05) is 140 Å². The second-order valence-electron chi connectivity index (χ2n) is 21.3. The first-order chi connectivity index (χ1) is 40.8. The number of fused-ring (bicyclic) bond motifs is 1. The molecular weight excluding hydrogens is 1360 g/mol. The molecule has 0 spiro atoms. The van der Waals surface area contributed by atoms with E-state index in [4.69, 9.17) is 15.9 Å². The molecule has 7 heterocycles. The number of nitrogens with two attached hydrogens (primary N) is 1. The van der Waals surface area contributed by atoms with E-state index >= 15 is 0 Å². The summed E-state index contributed by atoms with van der Waals surface area (Å²) in [7, 11) is 0. The van der Waals surface area contributed by atoms with Crippen molar-refractivity contribution in [2.75, 3.05) is 39.3 Å². The molecule has 3 aromatic carbocycles. The molecule has 6 atom stereocenters. The van der Waals surface area contributed by atoms with Crippen LogP contribution < -0.4 is 27.7 Å². The minimum absolute atomic E-state index is 0. The number of hydrogen-bond donors (Lipinski definition) is 6. The SMILES string of the molecule is C.C.CC1CN(Cc2ccccc2)CC1c1nnc(CN)c(=O)[nH]1.CC1CN(Cc2ccccc2)CC1c1nnc(CNC(=O)CC(F)(F)F)c(=O)[nH]1.CCC(=O)O.CCc1ncc2c(=O)[nH]c(C3CN(Cc4ccccc4)CC3C)nn12.O=P(Br)(Br)Br. The lowest BCUT2D eigenvalue weighted by molar-refractivity contribution is -0.154. The molecule has 29 heteroatoms. The van der Waals surface area contributed by atoms with Crippen LogP contribution in [0.25, 0.3) is 5.52 Å². The number of nitrogens with zero attached hydrogens (tertiary/aromatic N) is 10. The van der Waals surface area contributed by atoms with Crippen LogP contribution in [-0.4, -0.2) is 127 Å². The zero-order valence-electron chi connectivity index (χ0n) is 48.3. The number of H-pyrrole nitrogens is 3. The molecule has 10 rings (SSSR count). The van der Waals surface area contributed by atoms with Crippen LogP contribution in [0.4, 0.5) is 13.2 Å². The van der Waals surface area contributed by atoms with Crippen LogP contribution in [0.3, 0.4) is 0 Å². The van der Waals surface area contributed by atoms with Crippen molar-refractivity contribution in [2.24, 2.45) is 23.5 Å². The molecule has 3 aliphatic rings. The predicted molar refractivity (Wildman–Crippen MR) is 345 cm³/mol. The van der Waals surface area contributed by atoms with E-state index in [1.807, 2.05) is 42.6 Å². The molecule has 1 amide bonds. The second kappa shape index (κ2) is 35.3. The van der Waals surface area contributed by atoms with E-state index in [1.54, 1.807) is 17.6 Å². The fraction of sp³-hybridized carbons (Fsp3) is 0.475. The summed E-state index contributed by atoms with van der Waals surface area (Å²) in [6, 6.07) is 31.0. The molecule has 4 aromatic heterocycles. The summed E-state index contributed by atoms with van der Waals surface area (Å²) in [5.41, 5.74) is 9.07. The second-order valence-corrected chi connectivity index (χ2v) is 39.7. The summed E-state index contributed by atoms with van der Waals surface area (Å²) in [6.07, 6.45) is -3.62. The molecule has 7 aromatic rings. The van der Waals surface area contributed by atoms with E-state index in [2.05, 4.69) is 183 Å². The van der Waals surface area contributed by atoms with Crippen molar-refractivity contribution >= 4 is 67.1 Å². The highest BCUT2D eigenvalue weighted by Gasteiger charge is 2.36. The van der Waals surface area contributed by atoms with Crippen LogP contribution in [0.15, 0.2) is 112 Å². The van der Waals surface area contributed by atoms with E-state index in [1.165, 1.54) is 16.7 Å². The maximum atomic E-state index is 12.4. The Balaban J connectivity index is 0.000000260. The summed E-state index contributed by atoms with van der Waals surface area (Å²) in [5, 5.41) is 30.5. The van der Waals surface area contributed by atoms with Crippen LogP contribution in [0.2, 0.25) is 0 Å². The molecule has 0 saturated carbocycles.